The van der Waals surface area contributed by atoms with Crippen LogP contribution in [0, 0.1) is 0 Å². The number of carbonyl (C=O) groups excluding carboxylic acids is 3. The van der Waals surface area contributed by atoms with E-state index in [-0.39, 0.29) is 17.5 Å². The van der Waals surface area contributed by atoms with Crippen LogP contribution in [0.2, 0.25) is 0 Å². The zero-order chi connectivity index (χ0) is 18.9. The number of hydrogen-bond donors (Lipinski definition) is 3. The van der Waals surface area contributed by atoms with E-state index < -0.39 is 5.91 Å². The van der Waals surface area contributed by atoms with Crippen LogP contribution in [0.3, 0.4) is 0 Å². The van der Waals surface area contributed by atoms with Crippen molar-refractivity contribution >= 4 is 29.1 Å². The second-order valence-corrected chi connectivity index (χ2v) is 5.76. The van der Waals surface area contributed by atoms with E-state index in [0.29, 0.717) is 23.5 Å². The van der Waals surface area contributed by atoms with Gasteiger partial charge in [-0.2, -0.15) is 0 Å². The van der Waals surface area contributed by atoms with Gasteiger partial charge in [-0.25, -0.2) is 0 Å². The molecular formula is C19H22N4O3. The van der Waals surface area contributed by atoms with Gasteiger partial charge < -0.3 is 16.0 Å². The Morgan fingerprint density at radius 1 is 1.00 bits per heavy atom. The van der Waals surface area contributed by atoms with E-state index in [1.54, 1.807) is 30.3 Å². The fourth-order valence-electron chi connectivity index (χ4n) is 2.25. The molecule has 0 bridgehead atoms. The van der Waals surface area contributed by atoms with Gasteiger partial charge in [0.1, 0.15) is 5.69 Å². The number of unbranched alkanes of at least 4 members (excludes halogenated alkanes) is 1. The number of aromatic nitrogens is 1. The molecule has 3 amide bonds. The topological polar surface area (TPSA) is 100 Å². The number of benzene rings is 1. The Hall–Kier alpha value is -3.22. The number of nitrogens with zero attached hydrogens (tertiary/aromatic N) is 1. The lowest BCUT2D eigenvalue weighted by Gasteiger charge is -2.09. The molecule has 3 N–H and O–H groups in total. The van der Waals surface area contributed by atoms with Crippen molar-refractivity contribution in [2.75, 3.05) is 17.2 Å². The van der Waals surface area contributed by atoms with Gasteiger partial charge in [0.2, 0.25) is 5.91 Å². The van der Waals surface area contributed by atoms with Crippen molar-refractivity contribution < 1.29 is 14.4 Å². The number of rotatable bonds is 7. The molecule has 7 heteroatoms. The number of carbonyl (C=O) groups is 3. The van der Waals surface area contributed by atoms with Crippen LogP contribution >= 0.6 is 0 Å². The molecule has 0 fully saturated rings. The number of hydrogen-bond acceptors (Lipinski definition) is 4. The third kappa shape index (κ3) is 5.70. The maximum Gasteiger partial charge on any atom is 0.274 e. The van der Waals surface area contributed by atoms with E-state index in [9.17, 15) is 14.4 Å². The maximum absolute atomic E-state index is 12.4. The molecule has 136 valence electrons. The normalized spacial score (nSPS) is 10.1. The van der Waals surface area contributed by atoms with Crippen LogP contribution in [0.4, 0.5) is 11.4 Å². The average Bonchev–Trinajstić information content (AvgIpc) is 2.61. The largest absolute Gasteiger partial charge is 0.352 e. The second kappa shape index (κ2) is 9.31. The molecular weight excluding hydrogens is 332 g/mol. The Balaban J connectivity index is 2.07. The molecule has 0 saturated carbocycles. The van der Waals surface area contributed by atoms with Gasteiger partial charge in [-0.15, -0.1) is 0 Å². The van der Waals surface area contributed by atoms with Crippen LogP contribution in [-0.4, -0.2) is 29.3 Å². The van der Waals surface area contributed by atoms with E-state index in [0.717, 1.165) is 12.8 Å². The molecule has 0 aliphatic carbocycles. The minimum Gasteiger partial charge on any atom is -0.352 e. The van der Waals surface area contributed by atoms with Crippen molar-refractivity contribution in [2.24, 2.45) is 0 Å². The average molecular weight is 354 g/mol. The van der Waals surface area contributed by atoms with Crippen molar-refractivity contribution in [3.05, 3.63) is 53.9 Å². The summed E-state index contributed by atoms with van der Waals surface area (Å²) in [7, 11) is 0. The van der Waals surface area contributed by atoms with E-state index >= 15 is 0 Å². The quantitative estimate of drug-likeness (QED) is 0.666. The summed E-state index contributed by atoms with van der Waals surface area (Å²) in [5, 5.41) is 8.16. The smallest absolute Gasteiger partial charge is 0.274 e. The molecule has 7 nitrogen and oxygen atoms in total. The molecule has 0 spiro atoms. The fraction of sp³-hybridized carbons (Fsp3) is 0.263. The first kappa shape index (κ1) is 19.1. The Morgan fingerprint density at radius 2 is 1.73 bits per heavy atom. The van der Waals surface area contributed by atoms with Gasteiger partial charge in [-0.3, -0.25) is 19.4 Å². The van der Waals surface area contributed by atoms with E-state index in [2.05, 4.69) is 20.9 Å². The van der Waals surface area contributed by atoms with Gasteiger partial charge in [0.05, 0.1) is 0 Å². The Bertz CT molecular complexity index is 805. The predicted octanol–water partition coefficient (Wildman–Crippen LogP) is 2.82. The van der Waals surface area contributed by atoms with E-state index in [1.807, 2.05) is 6.92 Å². The molecule has 1 aromatic carbocycles. The molecule has 1 heterocycles. The van der Waals surface area contributed by atoms with Crippen LogP contribution < -0.4 is 16.0 Å². The first-order chi connectivity index (χ1) is 12.5. The highest BCUT2D eigenvalue weighted by molar-refractivity contribution is 6.05. The van der Waals surface area contributed by atoms with Gasteiger partial charge in [-0.05, 0) is 36.8 Å². The van der Waals surface area contributed by atoms with Crippen molar-refractivity contribution in [3.8, 4) is 0 Å². The SMILES string of the molecule is CCCCNC(=O)c1ccnc(C(=O)Nc2cccc(NC(C)=O)c2)c1. The summed E-state index contributed by atoms with van der Waals surface area (Å²) in [5.41, 5.74) is 1.61. The van der Waals surface area contributed by atoms with Gasteiger partial charge in [0.15, 0.2) is 0 Å². The van der Waals surface area contributed by atoms with Crippen molar-refractivity contribution in [1.82, 2.24) is 10.3 Å². The van der Waals surface area contributed by atoms with Gasteiger partial charge >= 0.3 is 0 Å². The highest BCUT2D eigenvalue weighted by atomic mass is 16.2. The van der Waals surface area contributed by atoms with Crippen LogP contribution in [-0.2, 0) is 4.79 Å². The molecule has 2 aromatic rings. The Morgan fingerprint density at radius 3 is 2.42 bits per heavy atom. The predicted molar refractivity (Wildman–Crippen MR) is 100 cm³/mol. The van der Waals surface area contributed by atoms with Crippen LogP contribution in [0.15, 0.2) is 42.6 Å². The molecule has 0 aliphatic heterocycles. The van der Waals surface area contributed by atoms with Gasteiger partial charge in [-0.1, -0.05) is 19.4 Å². The van der Waals surface area contributed by atoms with Crippen molar-refractivity contribution in [1.29, 1.82) is 0 Å². The summed E-state index contributed by atoms with van der Waals surface area (Å²) >= 11 is 0. The van der Waals surface area contributed by atoms with Crippen molar-refractivity contribution in [3.63, 3.8) is 0 Å². The standard InChI is InChI=1S/C19H22N4O3/c1-3-4-9-21-18(25)14-8-10-20-17(11-14)19(26)23-16-7-5-6-15(12-16)22-13(2)24/h5-8,10-12H,3-4,9H2,1-2H3,(H,21,25)(H,22,24)(H,23,26). The molecule has 0 saturated heterocycles. The maximum atomic E-state index is 12.4. The van der Waals surface area contributed by atoms with Crippen LogP contribution in [0.5, 0.6) is 0 Å². The van der Waals surface area contributed by atoms with Crippen LogP contribution in [0.25, 0.3) is 0 Å². The van der Waals surface area contributed by atoms with Gasteiger partial charge in [0.25, 0.3) is 11.8 Å². The van der Waals surface area contributed by atoms with Gasteiger partial charge in [0, 0.05) is 36.6 Å². The summed E-state index contributed by atoms with van der Waals surface area (Å²) in [6.07, 6.45) is 3.31. The third-order valence-electron chi connectivity index (χ3n) is 3.51. The monoisotopic (exact) mass is 354 g/mol. The zero-order valence-corrected chi connectivity index (χ0v) is 14.8. The number of amides is 3. The summed E-state index contributed by atoms with van der Waals surface area (Å²) in [4.78, 5) is 39.6. The minimum atomic E-state index is -0.437. The van der Waals surface area contributed by atoms with E-state index in [1.165, 1.54) is 19.2 Å². The lowest BCUT2D eigenvalue weighted by Crippen LogP contribution is -2.25. The van der Waals surface area contributed by atoms with Crippen molar-refractivity contribution in [2.45, 2.75) is 26.7 Å². The fourth-order valence-corrected chi connectivity index (χ4v) is 2.25. The van der Waals surface area contributed by atoms with Crippen LogP contribution in [0.1, 0.15) is 47.5 Å². The Labute approximate surface area is 152 Å². The minimum absolute atomic E-state index is 0.137. The van der Waals surface area contributed by atoms with E-state index in [4.69, 9.17) is 0 Å². The molecule has 1 aromatic heterocycles. The Kier molecular flexibility index (Phi) is 6.84. The summed E-state index contributed by atoms with van der Waals surface area (Å²) < 4.78 is 0. The number of pyridine rings is 1. The zero-order valence-electron chi connectivity index (χ0n) is 14.8. The summed E-state index contributed by atoms with van der Waals surface area (Å²) in [5.74, 6) is -0.868. The summed E-state index contributed by atoms with van der Waals surface area (Å²) in [6, 6.07) is 9.79. The molecule has 0 atom stereocenters. The number of anilines is 2. The third-order valence-corrected chi connectivity index (χ3v) is 3.51. The molecule has 0 radical (unpaired) electrons. The number of nitrogens with one attached hydrogen (secondary N) is 3. The highest BCUT2D eigenvalue weighted by Crippen LogP contribution is 2.16. The lowest BCUT2D eigenvalue weighted by atomic mass is 10.2. The molecule has 0 aliphatic rings. The molecule has 26 heavy (non-hydrogen) atoms. The highest BCUT2D eigenvalue weighted by Gasteiger charge is 2.12. The lowest BCUT2D eigenvalue weighted by molar-refractivity contribution is -0.114. The molecule has 0 unspecified atom stereocenters. The molecule has 2 rings (SSSR count). The first-order valence-corrected chi connectivity index (χ1v) is 8.43. The first-order valence-electron chi connectivity index (χ1n) is 8.43. The summed E-state index contributed by atoms with van der Waals surface area (Å²) in [6.45, 7) is 4.04. The second-order valence-electron chi connectivity index (χ2n) is 5.76.